The number of carboxylic acid groups (broad SMARTS) is 1. The lowest BCUT2D eigenvalue weighted by Gasteiger charge is -2.10. The van der Waals surface area contributed by atoms with Gasteiger partial charge in [-0.3, -0.25) is 0 Å². The van der Waals surface area contributed by atoms with Crippen molar-refractivity contribution in [3.63, 3.8) is 0 Å². The molecule has 0 radical (unpaired) electrons. The van der Waals surface area contributed by atoms with Crippen LogP contribution in [0.3, 0.4) is 0 Å². The predicted octanol–water partition coefficient (Wildman–Crippen LogP) is 4.27. The molecule has 0 spiro atoms. The standard InChI is InChI=1S/C16H12BrFO3/c17-13-7-4-11(5-8-13)10-21-16-12(6-9-15(19)20)2-1-3-14(16)18/h1-9H,10H2,(H,19,20)/b9-6+. The van der Waals surface area contributed by atoms with E-state index >= 15 is 0 Å². The molecule has 0 saturated carbocycles. The summed E-state index contributed by atoms with van der Waals surface area (Å²) in [5.74, 6) is -1.59. The molecule has 0 atom stereocenters. The fraction of sp³-hybridized carbons (Fsp3) is 0.0625. The molecule has 0 bridgehead atoms. The third kappa shape index (κ3) is 4.43. The summed E-state index contributed by atoms with van der Waals surface area (Å²) in [7, 11) is 0. The van der Waals surface area contributed by atoms with Crippen molar-refractivity contribution in [2.24, 2.45) is 0 Å². The monoisotopic (exact) mass is 350 g/mol. The molecule has 0 aliphatic carbocycles. The summed E-state index contributed by atoms with van der Waals surface area (Å²) in [4.78, 5) is 10.6. The van der Waals surface area contributed by atoms with Crippen LogP contribution in [0, 0.1) is 5.82 Å². The zero-order valence-electron chi connectivity index (χ0n) is 10.9. The lowest BCUT2D eigenvalue weighted by molar-refractivity contribution is -0.131. The predicted molar refractivity (Wildman–Crippen MR) is 81.5 cm³/mol. The van der Waals surface area contributed by atoms with E-state index in [1.807, 2.05) is 24.3 Å². The molecule has 0 fully saturated rings. The Kier molecular flexibility index (Phi) is 5.11. The Morgan fingerprint density at radius 3 is 2.62 bits per heavy atom. The Balaban J connectivity index is 2.18. The zero-order chi connectivity index (χ0) is 15.2. The lowest BCUT2D eigenvalue weighted by atomic mass is 10.1. The van der Waals surface area contributed by atoms with Gasteiger partial charge in [0.05, 0.1) is 0 Å². The molecule has 2 aromatic rings. The number of para-hydroxylation sites is 1. The second kappa shape index (κ2) is 7.04. The number of carbonyl (C=O) groups is 1. The average molecular weight is 351 g/mol. The molecule has 108 valence electrons. The first-order chi connectivity index (χ1) is 10.1. The molecule has 2 rings (SSSR count). The van der Waals surface area contributed by atoms with Gasteiger partial charge in [0.15, 0.2) is 11.6 Å². The van der Waals surface area contributed by atoms with Crippen LogP contribution in [0.5, 0.6) is 5.75 Å². The van der Waals surface area contributed by atoms with Crippen LogP contribution in [-0.2, 0) is 11.4 Å². The van der Waals surface area contributed by atoms with Gasteiger partial charge < -0.3 is 9.84 Å². The second-order valence-corrected chi connectivity index (χ2v) is 5.16. The fourth-order valence-corrected chi connectivity index (χ4v) is 1.97. The highest BCUT2D eigenvalue weighted by atomic mass is 79.9. The molecule has 0 heterocycles. The van der Waals surface area contributed by atoms with Crippen LogP contribution in [0.1, 0.15) is 11.1 Å². The van der Waals surface area contributed by atoms with Crippen molar-refractivity contribution in [1.29, 1.82) is 0 Å². The molecule has 0 aromatic heterocycles. The number of ether oxygens (including phenoxy) is 1. The molecule has 2 aromatic carbocycles. The van der Waals surface area contributed by atoms with Crippen molar-refractivity contribution in [1.82, 2.24) is 0 Å². The molecule has 0 amide bonds. The third-order valence-electron chi connectivity index (χ3n) is 2.70. The zero-order valence-corrected chi connectivity index (χ0v) is 12.5. The number of hydrogen-bond donors (Lipinski definition) is 1. The van der Waals surface area contributed by atoms with E-state index in [2.05, 4.69) is 15.9 Å². The fourth-order valence-electron chi connectivity index (χ4n) is 1.71. The maximum atomic E-state index is 13.8. The van der Waals surface area contributed by atoms with Gasteiger partial charge in [0, 0.05) is 16.1 Å². The Morgan fingerprint density at radius 2 is 1.95 bits per heavy atom. The van der Waals surface area contributed by atoms with Crippen LogP contribution in [0.25, 0.3) is 6.08 Å². The van der Waals surface area contributed by atoms with Gasteiger partial charge in [-0.25, -0.2) is 9.18 Å². The van der Waals surface area contributed by atoms with Crippen molar-refractivity contribution < 1.29 is 19.0 Å². The topological polar surface area (TPSA) is 46.5 Å². The normalized spacial score (nSPS) is 10.8. The molecule has 0 aliphatic heterocycles. The summed E-state index contributed by atoms with van der Waals surface area (Å²) in [5, 5.41) is 8.64. The van der Waals surface area contributed by atoms with Crippen molar-refractivity contribution >= 4 is 28.0 Å². The van der Waals surface area contributed by atoms with Crippen LogP contribution in [0.2, 0.25) is 0 Å². The number of hydrogen-bond acceptors (Lipinski definition) is 2. The highest BCUT2D eigenvalue weighted by Crippen LogP contribution is 2.25. The van der Waals surface area contributed by atoms with E-state index in [-0.39, 0.29) is 12.4 Å². The van der Waals surface area contributed by atoms with Crippen LogP contribution < -0.4 is 4.74 Å². The van der Waals surface area contributed by atoms with E-state index in [0.717, 1.165) is 16.1 Å². The first-order valence-electron chi connectivity index (χ1n) is 6.13. The maximum Gasteiger partial charge on any atom is 0.328 e. The van der Waals surface area contributed by atoms with Crippen molar-refractivity contribution in [2.45, 2.75) is 6.61 Å². The Labute approximate surface area is 129 Å². The minimum atomic E-state index is -1.10. The van der Waals surface area contributed by atoms with Gasteiger partial charge in [0.1, 0.15) is 6.61 Å². The lowest BCUT2D eigenvalue weighted by Crippen LogP contribution is -1.99. The number of rotatable bonds is 5. The van der Waals surface area contributed by atoms with Gasteiger partial charge in [-0.2, -0.15) is 0 Å². The van der Waals surface area contributed by atoms with E-state index in [4.69, 9.17) is 9.84 Å². The highest BCUT2D eigenvalue weighted by Gasteiger charge is 2.08. The molecule has 1 N–H and O–H groups in total. The minimum Gasteiger partial charge on any atom is -0.485 e. The van der Waals surface area contributed by atoms with Gasteiger partial charge in [-0.15, -0.1) is 0 Å². The minimum absolute atomic E-state index is 0.0397. The van der Waals surface area contributed by atoms with Gasteiger partial charge >= 0.3 is 5.97 Å². The Hall–Kier alpha value is -2.14. The molecule has 21 heavy (non-hydrogen) atoms. The first kappa shape index (κ1) is 15.3. The molecule has 3 nitrogen and oxygen atoms in total. The summed E-state index contributed by atoms with van der Waals surface area (Å²) in [6.07, 6.45) is 2.25. The highest BCUT2D eigenvalue weighted by molar-refractivity contribution is 9.10. The number of benzene rings is 2. The van der Waals surface area contributed by atoms with E-state index in [1.165, 1.54) is 18.2 Å². The van der Waals surface area contributed by atoms with Crippen molar-refractivity contribution in [2.75, 3.05) is 0 Å². The number of carboxylic acids is 1. The summed E-state index contributed by atoms with van der Waals surface area (Å²) in [5.41, 5.74) is 1.27. The average Bonchev–Trinajstić information content (AvgIpc) is 2.46. The number of halogens is 2. The Morgan fingerprint density at radius 1 is 1.24 bits per heavy atom. The molecule has 0 aliphatic rings. The van der Waals surface area contributed by atoms with Crippen LogP contribution in [-0.4, -0.2) is 11.1 Å². The van der Waals surface area contributed by atoms with Gasteiger partial charge in [-0.05, 0) is 29.8 Å². The van der Waals surface area contributed by atoms with Crippen LogP contribution >= 0.6 is 15.9 Å². The van der Waals surface area contributed by atoms with Crippen LogP contribution in [0.15, 0.2) is 53.0 Å². The van der Waals surface area contributed by atoms with E-state index < -0.39 is 11.8 Å². The van der Waals surface area contributed by atoms with Crippen molar-refractivity contribution in [3.8, 4) is 5.75 Å². The molecular weight excluding hydrogens is 339 g/mol. The maximum absolute atomic E-state index is 13.8. The van der Waals surface area contributed by atoms with Gasteiger partial charge in [-0.1, -0.05) is 40.2 Å². The second-order valence-electron chi connectivity index (χ2n) is 4.24. The van der Waals surface area contributed by atoms with Crippen LogP contribution in [0.4, 0.5) is 4.39 Å². The first-order valence-corrected chi connectivity index (χ1v) is 6.92. The largest absolute Gasteiger partial charge is 0.485 e. The van der Waals surface area contributed by atoms with Gasteiger partial charge in [0.25, 0.3) is 0 Å². The number of aliphatic carboxylic acids is 1. The molecular formula is C16H12BrFO3. The van der Waals surface area contributed by atoms with Gasteiger partial charge in [0.2, 0.25) is 0 Å². The van der Waals surface area contributed by atoms with E-state index in [0.29, 0.717) is 5.56 Å². The summed E-state index contributed by atoms with van der Waals surface area (Å²) in [6, 6.07) is 11.8. The Bertz CT molecular complexity index is 666. The molecule has 5 heteroatoms. The third-order valence-corrected chi connectivity index (χ3v) is 3.23. The summed E-state index contributed by atoms with van der Waals surface area (Å²) >= 11 is 3.33. The van der Waals surface area contributed by atoms with E-state index in [1.54, 1.807) is 6.07 Å². The SMILES string of the molecule is O=C(O)/C=C/c1cccc(F)c1OCc1ccc(Br)cc1. The summed E-state index contributed by atoms with van der Waals surface area (Å²) < 4.78 is 20.3. The molecule has 0 unspecified atom stereocenters. The smallest absolute Gasteiger partial charge is 0.328 e. The summed E-state index contributed by atoms with van der Waals surface area (Å²) in [6.45, 7) is 0.197. The van der Waals surface area contributed by atoms with Crippen molar-refractivity contribution in [3.05, 3.63) is 70.0 Å². The molecule has 0 saturated heterocycles. The van der Waals surface area contributed by atoms with E-state index in [9.17, 15) is 9.18 Å². The quantitative estimate of drug-likeness (QED) is 0.819.